The lowest BCUT2D eigenvalue weighted by Crippen LogP contribution is -2.47. The second kappa shape index (κ2) is 11.1. The van der Waals surface area contributed by atoms with Gasteiger partial charge in [0.25, 0.3) is 0 Å². The SMILES string of the molecule is CCCNC(=O)[C@H](C)N(Cc1ccc(Br)cc1)C(=O)CCc1cccc2ccccc12. The topological polar surface area (TPSA) is 49.4 Å². The van der Waals surface area contributed by atoms with Crippen LogP contribution in [0.2, 0.25) is 0 Å². The number of fused-ring (bicyclic) bond motifs is 1. The molecule has 1 atom stereocenters. The van der Waals surface area contributed by atoms with E-state index in [0.717, 1.165) is 22.0 Å². The highest BCUT2D eigenvalue weighted by atomic mass is 79.9. The van der Waals surface area contributed by atoms with Crippen LogP contribution >= 0.6 is 15.9 Å². The van der Waals surface area contributed by atoms with E-state index in [1.54, 1.807) is 11.8 Å². The normalized spacial score (nSPS) is 11.8. The van der Waals surface area contributed by atoms with Crippen LogP contribution in [0.5, 0.6) is 0 Å². The van der Waals surface area contributed by atoms with Gasteiger partial charge in [-0.05, 0) is 53.8 Å². The third-order valence-electron chi connectivity index (χ3n) is 5.47. The fraction of sp³-hybridized carbons (Fsp3) is 0.308. The van der Waals surface area contributed by atoms with E-state index in [-0.39, 0.29) is 11.8 Å². The number of hydrogen-bond donors (Lipinski definition) is 1. The Morgan fingerprint density at radius 1 is 1.00 bits per heavy atom. The van der Waals surface area contributed by atoms with Crippen molar-refractivity contribution in [1.82, 2.24) is 10.2 Å². The highest BCUT2D eigenvalue weighted by molar-refractivity contribution is 9.10. The van der Waals surface area contributed by atoms with Crippen molar-refractivity contribution in [2.45, 2.75) is 45.7 Å². The number of carbonyl (C=O) groups excluding carboxylic acids is 2. The van der Waals surface area contributed by atoms with E-state index >= 15 is 0 Å². The molecule has 0 spiro atoms. The van der Waals surface area contributed by atoms with Crippen molar-refractivity contribution in [1.29, 1.82) is 0 Å². The number of amides is 2. The van der Waals surface area contributed by atoms with Gasteiger partial charge in [-0.25, -0.2) is 0 Å². The summed E-state index contributed by atoms with van der Waals surface area (Å²) in [5, 5.41) is 5.26. The first kappa shape index (κ1) is 23.0. The zero-order chi connectivity index (χ0) is 22.2. The molecule has 0 fully saturated rings. The summed E-state index contributed by atoms with van der Waals surface area (Å²) < 4.78 is 0.985. The van der Waals surface area contributed by atoms with Crippen LogP contribution in [0, 0.1) is 0 Å². The third-order valence-corrected chi connectivity index (χ3v) is 6.00. The number of nitrogens with zero attached hydrogens (tertiary/aromatic N) is 1. The molecule has 0 aliphatic rings. The molecule has 0 saturated carbocycles. The Balaban J connectivity index is 1.77. The molecule has 0 aliphatic heterocycles. The summed E-state index contributed by atoms with van der Waals surface area (Å²) in [5.41, 5.74) is 2.15. The number of hydrogen-bond acceptors (Lipinski definition) is 2. The van der Waals surface area contributed by atoms with Gasteiger partial charge in [0.05, 0.1) is 0 Å². The number of carbonyl (C=O) groups is 2. The van der Waals surface area contributed by atoms with E-state index in [2.05, 4.69) is 45.5 Å². The van der Waals surface area contributed by atoms with Gasteiger partial charge in [0.1, 0.15) is 6.04 Å². The van der Waals surface area contributed by atoms with E-state index < -0.39 is 6.04 Å². The summed E-state index contributed by atoms with van der Waals surface area (Å²) in [5.74, 6) is -0.132. The lowest BCUT2D eigenvalue weighted by Gasteiger charge is -2.29. The molecule has 3 aromatic rings. The molecule has 0 radical (unpaired) electrons. The molecule has 162 valence electrons. The second-order valence-electron chi connectivity index (χ2n) is 7.75. The van der Waals surface area contributed by atoms with Gasteiger partial charge in [-0.2, -0.15) is 0 Å². The minimum Gasteiger partial charge on any atom is -0.354 e. The van der Waals surface area contributed by atoms with E-state index in [1.807, 2.05) is 49.4 Å². The molecular formula is C26H29BrN2O2. The van der Waals surface area contributed by atoms with Crippen molar-refractivity contribution < 1.29 is 9.59 Å². The molecule has 2 amide bonds. The first-order valence-electron chi connectivity index (χ1n) is 10.8. The lowest BCUT2D eigenvalue weighted by atomic mass is 10.0. The molecule has 0 unspecified atom stereocenters. The summed E-state index contributed by atoms with van der Waals surface area (Å²) in [7, 11) is 0. The van der Waals surface area contributed by atoms with Crippen molar-refractivity contribution in [2.24, 2.45) is 0 Å². The molecular weight excluding hydrogens is 452 g/mol. The Morgan fingerprint density at radius 2 is 1.71 bits per heavy atom. The van der Waals surface area contributed by atoms with Crippen LogP contribution in [0.15, 0.2) is 71.2 Å². The number of halogens is 1. The van der Waals surface area contributed by atoms with Crippen LogP contribution in [0.1, 0.15) is 37.8 Å². The predicted octanol–water partition coefficient (Wildman–Crippen LogP) is 5.48. The summed E-state index contributed by atoms with van der Waals surface area (Å²) in [6.07, 6.45) is 1.86. The first-order valence-corrected chi connectivity index (χ1v) is 11.6. The van der Waals surface area contributed by atoms with Crippen LogP contribution in [0.3, 0.4) is 0 Å². The zero-order valence-electron chi connectivity index (χ0n) is 18.1. The smallest absolute Gasteiger partial charge is 0.242 e. The van der Waals surface area contributed by atoms with Crippen molar-refractivity contribution >= 4 is 38.5 Å². The van der Waals surface area contributed by atoms with Gasteiger partial charge in [0.2, 0.25) is 11.8 Å². The van der Waals surface area contributed by atoms with Gasteiger partial charge < -0.3 is 10.2 Å². The maximum Gasteiger partial charge on any atom is 0.242 e. The molecule has 5 heteroatoms. The molecule has 0 bridgehead atoms. The Morgan fingerprint density at radius 3 is 2.45 bits per heavy atom. The van der Waals surface area contributed by atoms with Crippen LogP contribution < -0.4 is 5.32 Å². The molecule has 0 aliphatic carbocycles. The zero-order valence-corrected chi connectivity index (χ0v) is 19.7. The first-order chi connectivity index (χ1) is 15.0. The number of aryl methyl sites for hydroxylation is 1. The minimum atomic E-state index is -0.532. The van der Waals surface area contributed by atoms with Crippen LogP contribution in [-0.2, 0) is 22.6 Å². The largest absolute Gasteiger partial charge is 0.354 e. The lowest BCUT2D eigenvalue weighted by molar-refractivity contribution is -0.140. The Hall–Kier alpha value is -2.66. The number of rotatable bonds is 9. The van der Waals surface area contributed by atoms with Crippen molar-refractivity contribution in [3.63, 3.8) is 0 Å². The molecule has 4 nitrogen and oxygen atoms in total. The Labute approximate surface area is 192 Å². The van der Waals surface area contributed by atoms with Gasteiger partial charge in [-0.15, -0.1) is 0 Å². The van der Waals surface area contributed by atoms with Gasteiger partial charge in [-0.3, -0.25) is 9.59 Å². The van der Waals surface area contributed by atoms with Crippen molar-refractivity contribution in [2.75, 3.05) is 6.54 Å². The van der Waals surface area contributed by atoms with Gasteiger partial charge in [0.15, 0.2) is 0 Å². The highest BCUT2D eigenvalue weighted by Crippen LogP contribution is 2.21. The van der Waals surface area contributed by atoms with Crippen molar-refractivity contribution in [3.8, 4) is 0 Å². The maximum absolute atomic E-state index is 13.3. The predicted molar refractivity (Wildman–Crippen MR) is 130 cm³/mol. The molecule has 31 heavy (non-hydrogen) atoms. The fourth-order valence-electron chi connectivity index (χ4n) is 3.66. The quantitative estimate of drug-likeness (QED) is 0.440. The molecule has 0 heterocycles. The summed E-state index contributed by atoms with van der Waals surface area (Å²) >= 11 is 3.45. The monoisotopic (exact) mass is 480 g/mol. The summed E-state index contributed by atoms with van der Waals surface area (Å²) in [6.45, 7) is 4.83. The highest BCUT2D eigenvalue weighted by Gasteiger charge is 2.25. The van der Waals surface area contributed by atoms with Crippen LogP contribution in [-0.4, -0.2) is 29.3 Å². The molecule has 0 aromatic heterocycles. The molecule has 3 rings (SSSR count). The van der Waals surface area contributed by atoms with Crippen molar-refractivity contribution in [3.05, 3.63) is 82.3 Å². The average molecular weight is 481 g/mol. The third kappa shape index (κ3) is 6.17. The minimum absolute atomic E-state index is 0.0185. The number of nitrogens with one attached hydrogen (secondary N) is 1. The Bertz CT molecular complexity index is 1030. The Kier molecular flexibility index (Phi) is 8.24. The standard InChI is InChI=1S/C26H29BrN2O2/c1-3-17-28-26(31)19(2)29(18-20-11-14-23(27)15-12-20)25(30)16-13-22-9-6-8-21-7-4-5-10-24(21)22/h4-12,14-15,19H,3,13,16-18H2,1-2H3,(H,28,31)/t19-/m0/s1. The number of benzene rings is 3. The second-order valence-corrected chi connectivity index (χ2v) is 8.67. The average Bonchev–Trinajstić information content (AvgIpc) is 2.80. The van der Waals surface area contributed by atoms with Crippen LogP contribution in [0.4, 0.5) is 0 Å². The molecule has 1 N–H and O–H groups in total. The van der Waals surface area contributed by atoms with Gasteiger partial charge >= 0.3 is 0 Å². The summed E-state index contributed by atoms with van der Waals surface area (Å²) in [6, 6.07) is 21.7. The van der Waals surface area contributed by atoms with Gasteiger partial charge in [-0.1, -0.05) is 77.5 Å². The van der Waals surface area contributed by atoms with E-state index in [0.29, 0.717) is 25.9 Å². The van der Waals surface area contributed by atoms with E-state index in [4.69, 9.17) is 0 Å². The van der Waals surface area contributed by atoms with Gasteiger partial charge in [0, 0.05) is 24.0 Å². The van der Waals surface area contributed by atoms with Crippen LogP contribution in [0.25, 0.3) is 10.8 Å². The maximum atomic E-state index is 13.3. The summed E-state index contributed by atoms with van der Waals surface area (Å²) in [4.78, 5) is 27.6. The molecule has 3 aromatic carbocycles. The fourth-order valence-corrected chi connectivity index (χ4v) is 3.93. The van der Waals surface area contributed by atoms with E-state index in [1.165, 1.54) is 10.8 Å². The molecule has 0 saturated heterocycles. The van der Waals surface area contributed by atoms with E-state index in [9.17, 15) is 9.59 Å².